The zero-order valence-corrected chi connectivity index (χ0v) is 21.4. The van der Waals surface area contributed by atoms with Gasteiger partial charge in [-0.1, -0.05) is 36.4 Å². The molecule has 3 aromatic rings. The van der Waals surface area contributed by atoms with Crippen LogP contribution in [0.5, 0.6) is 0 Å². The summed E-state index contributed by atoms with van der Waals surface area (Å²) < 4.78 is 20.2. The van der Waals surface area contributed by atoms with Crippen LogP contribution in [0, 0.1) is 31.5 Å². The molecule has 3 aliphatic rings. The van der Waals surface area contributed by atoms with Gasteiger partial charge in [-0.25, -0.2) is 9.37 Å². The molecule has 6 rings (SSSR count). The van der Waals surface area contributed by atoms with Crippen molar-refractivity contribution < 1.29 is 13.9 Å². The van der Waals surface area contributed by atoms with E-state index in [1.54, 1.807) is 0 Å². The van der Waals surface area contributed by atoms with Gasteiger partial charge in [0, 0.05) is 29.6 Å². The van der Waals surface area contributed by atoms with Gasteiger partial charge in [0.15, 0.2) is 0 Å². The highest BCUT2D eigenvalue weighted by Gasteiger charge is 2.65. The van der Waals surface area contributed by atoms with Gasteiger partial charge >= 0.3 is 0 Å². The van der Waals surface area contributed by atoms with Gasteiger partial charge in [-0.2, -0.15) is 0 Å². The van der Waals surface area contributed by atoms with Gasteiger partial charge in [0.05, 0.1) is 11.2 Å². The fourth-order valence-electron chi connectivity index (χ4n) is 6.54. The minimum Gasteiger partial charge on any atom is -0.384 e. The SMILES string of the molecule is Cc1cc(N)nc(C)c1CNC(=O)c1ccc2c(c1)C1(C)OC2(C)C2C=C(c3ccc(F)cc3)C=CC21. The number of benzene rings is 2. The molecule has 0 saturated carbocycles. The minimum absolute atomic E-state index is 0.135. The van der Waals surface area contributed by atoms with Gasteiger partial charge in [0.25, 0.3) is 5.91 Å². The van der Waals surface area contributed by atoms with Crippen molar-refractivity contribution in [1.82, 2.24) is 10.3 Å². The van der Waals surface area contributed by atoms with Crippen LogP contribution in [0.15, 0.2) is 66.8 Å². The van der Waals surface area contributed by atoms with Gasteiger partial charge in [-0.15, -0.1) is 0 Å². The summed E-state index contributed by atoms with van der Waals surface area (Å²) in [5.41, 5.74) is 12.4. The number of allylic oxidation sites excluding steroid dienone is 2. The molecule has 3 N–H and O–H groups in total. The Morgan fingerprint density at radius 2 is 1.78 bits per heavy atom. The van der Waals surface area contributed by atoms with Crippen molar-refractivity contribution >= 4 is 17.3 Å². The number of hydrogen-bond acceptors (Lipinski definition) is 4. The van der Waals surface area contributed by atoms with Gasteiger partial charge in [0.1, 0.15) is 11.6 Å². The Kier molecular flexibility index (Phi) is 5.18. The quantitative estimate of drug-likeness (QED) is 0.486. The first kappa shape index (κ1) is 23.6. The number of ether oxygens (including phenoxy) is 1. The van der Waals surface area contributed by atoms with Crippen LogP contribution in [0.25, 0.3) is 5.57 Å². The van der Waals surface area contributed by atoms with Crippen molar-refractivity contribution in [2.45, 2.75) is 45.4 Å². The second-order valence-corrected chi connectivity index (χ2v) is 10.7. The van der Waals surface area contributed by atoms with Crippen LogP contribution in [-0.4, -0.2) is 10.9 Å². The number of nitrogen functional groups attached to an aromatic ring is 1. The van der Waals surface area contributed by atoms with E-state index in [0.29, 0.717) is 17.9 Å². The normalized spacial score (nSPS) is 27.0. The zero-order chi connectivity index (χ0) is 26.1. The Labute approximate surface area is 216 Å². The molecule has 4 unspecified atom stereocenters. The maximum absolute atomic E-state index is 13.4. The van der Waals surface area contributed by atoms with Crippen molar-refractivity contribution in [3.05, 3.63) is 112 Å². The van der Waals surface area contributed by atoms with Crippen molar-refractivity contribution in [3.63, 3.8) is 0 Å². The first-order valence-corrected chi connectivity index (χ1v) is 12.6. The van der Waals surface area contributed by atoms with Crippen LogP contribution in [0.4, 0.5) is 10.2 Å². The molecule has 4 atom stereocenters. The Bertz CT molecular complexity index is 1490. The third-order valence-electron chi connectivity index (χ3n) is 8.45. The molecule has 1 fully saturated rings. The molecule has 2 aromatic carbocycles. The summed E-state index contributed by atoms with van der Waals surface area (Å²) >= 11 is 0. The van der Waals surface area contributed by atoms with E-state index >= 15 is 0 Å². The predicted molar refractivity (Wildman–Crippen MR) is 142 cm³/mol. The summed E-state index contributed by atoms with van der Waals surface area (Å²) in [5, 5.41) is 3.05. The van der Waals surface area contributed by atoms with Crippen molar-refractivity contribution in [3.8, 4) is 0 Å². The van der Waals surface area contributed by atoms with Crippen LogP contribution in [0.1, 0.15) is 57.7 Å². The van der Waals surface area contributed by atoms with E-state index in [-0.39, 0.29) is 23.6 Å². The number of hydrogen-bond donors (Lipinski definition) is 2. The third kappa shape index (κ3) is 3.54. The summed E-state index contributed by atoms with van der Waals surface area (Å²) in [4.78, 5) is 17.5. The molecule has 2 aliphatic heterocycles. The van der Waals surface area contributed by atoms with Crippen molar-refractivity contribution in [2.24, 2.45) is 11.8 Å². The predicted octanol–water partition coefficient (Wildman–Crippen LogP) is 5.71. The first-order valence-electron chi connectivity index (χ1n) is 12.6. The molecule has 1 aromatic heterocycles. The highest BCUT2D eigenvalue weighted by atomic mass is 19.1. The summed E-state index contributed by atoms with van der Waals surface area (Å²) in [6.07, 6.45) is 6.58. The number of halogens is 1. The Balaban J connectivity index is 1.28. The maximum Gasteiger partial charge on any atom is 0.251 e. The average molecular weight is 496 g/mol. The molecular weight excluding hydrogens is 465 g/mol. The smallest absolute Gasteiger partial charge is 0.251 e. The Hall–Kier alpha value is -3.77. The van der Waals surface area contributed by atoms with Crippen LogP contribution in [0.2, 0.25) is 0 Å². The van der Waals surface area contributed by atoms with Crippen LogP contribution in [-0.2, 0) is 22.5 Å². The van der Waals surface area contributed by atoms with Gasteiger partial charge in [0.2, 0.25) is 0 Å². The highest BCUT2D eigenvalue weighted by molar-refractivity contribution is 5.94. The van der Waals surface area contributed by atoms with Gasteiger partial charge < -0.3 is 15.8 Å². The van der Waals surface area contributed by atoms with Crippen LogP contribution < -0.4 is 11.1 Å². The molecule has 188 valence electrons. The highest BCUT2D eigenvalue weighted by Crippen LogP contribution is 2.65. The van der Waals surface area contributed by atoms with Crippen LogP contribution >= 0.6 is 0 Å². The third-order valence-corrected chi connectivity index (χ3v) is 8.45. The number of rotatable bonds is 4. The minimum atomic E-state index is -0.541. The number of aryl methyl sites for hydroxylation is 2. The number of nitrogens with two attached hydrogens (primary N) is 1. The van der Waals surface area contributed by atoms with Crippen molar-refractivity contribution in [2.75, 3.05) is 5.73 Å². The summed E-state index contributed by atoms with van der Waals surface area (Å²) in [6, 6.07) is 14.3. The molecule has 1 amide bonds. The number of fused-ring (bicyclic) bond motifs is 8. The largest absolute Gasteiger partial charge is 0.384 e. The van der Waals surface area contributed by atoms with Gasteiger partial charge in [-0.05, 0) is 91.4 Å². The van der Waals surface area contributed by atoms with E-state index in [1.165, 1.54) is 12.1 Å². The number of anilines is 1. The maximum atomic E-state index is 13.4. The Morgan fingerprint density at radius 3 is 2.51 bits per heavy atom. The number of carbonyl (C=O) groups excluding carboxylic acids is 1. The number of pyridine rings is 1. The van der Waals surface area contributed by atoms with E-state index < -0.39 is 11.2 Å². The second-order valence-electron chi connectivity index (χ2n) is 10.7. The lowest BCUT2D eigenvalue weighted by molar-refractivity contribution is -0.0773. The molecule has 1 aliphatic carbocycles. The number of aromatic nitrogens is 1. The summed E-state index contributed by atoms with van der Waals surface area (Å²) in [7, 11) is 0. The van der Waals surface area contributed by atoms with E-state index in [2.05, 4.69) is 42.4 Å². The molecule has 6 heteroatoms. The molecule has 2 bridgehead atoms. The average Bonchev–Trinajstić information content (AvgIpc) is 3.25. The lowest BCUT2D eigenvalue weighted by Gasteiger charge is -2.37. The molecule has 0 spiro atoms. The Morgan fingerprint density at radius 1 is 1.05 bits per heavy atom. The number of amides is 1. The summed E-state index contributed by atoms with van der Waals surface area (Å²) in [6.45, 7) is 8.52. The second kappa shape index (κ2) is 8.12. The molecule has 0 radical (unpaired) electrons. The lowest BCUT2D eigenvalue weighted by atomic mass is 9.62. The molecule has 1 saturated heterocycles. The van der Waals surface area contributed by atoms with Crippen LogP contribution in [0.3, 0.4) is 0 Å². The van der Waals surface area contributed by atoms with Crippen molar-refractivity contribution in [1.29, 1.82) is 0 Å². The topological polar surface area (TPSA) is 77.2 Å². The van der Waals surface area contributed by atoms with E-state index in [1.807, 2.05) is 50.2 Å². The fourth-order valence-corrected chi connectivity index (χ4v) is 6.54. The van der Waals surface area contributed by atoms with E-state index in [9.17, 15) is 9.18 Å². The molecule has 37 heavy (non-hydrogen) atoms. The lowest BCUT2D eigenvalue weighted by Crippen LogP contribution is -2.36. The zero-order valence-electron chi connectivity index (χ0n) is 21.4. The number of nitrogens with zero attached hydrogens (tertiary/aromatic N) is 1. The molecule has 3 heterocycles. The van der Waals surface area contributed by atoms with E-state index in [0.717, 1.165) is 39.1 Å². The number of carbonyl (C=O) groups is 1. The van der Waals surface area contributed by atoms with E-state index in [4.69, 9.17) is 10.5 Å². The molecular formula is C31H30FN3O2. The first-order chi connectivity index (χ1) is 17.6. The summed E-state index contributed by atoms with van der Waals surface area (Å²) in [5.74, 6) is 0.380. The molecule has 5 nitrogen and oxygen atoms in total. The monoisotopic (exact) mass is 495 g/mol. The fraction of sp³-hybridized carbons (Fsp3) is 0.290. The standard InChI is InChI=1S/C31H30FN3O2/c1-17-13-28(33)35-18(2)23(17)16-34-29(36)21-8-12-25-27(15-21)31(4)24-11-7-20(14-26(24)30(25,3)37-31)19-5-9-22(32)10-6-19/h5-15,24,26H,16H2,1-4H3,(H2,33,35)(H,34,36). The van der Waals surface area contributed by atoms with Gasteiger partial charge in [-0.3, -0.25) is 4.79 Å². The number of nitrogens with one attached hydrogen (secondary N) is 1.